The van der Waals surface area contributed by atoms with Crippen LogP contribution in [0.3, 0.4) is 0 Å². The SMILES string of the molecule is COc1cc(C(=O)N2CC3CCC2C3N)cc2nc(-c3cc4ccc(-c5ccc6c(c5)COC(=O)N6)cc4n3CC3CC3)n(C)c12. The van der Waals surface area contributed by atoms with Crippen LogP contribution in [0, 0.1) is 11.8 Å². The number of cyclic esters (lactones) is 1. The predicted molar refractivity (Wildman–Crippen MR) is 176 cm³/mol. The maximum Gasteiger partial charge on any atom is 0.411 e. The molecule has 2 amide bonds. The minimum atomic E-state index is -0.419. The van der Waals surface area contributed by atoms with Crippen LogP contribution in [-0.2, 0) is 24.9 Å². The topological polar surface area (TPSA) is 117 Å². The second kappa shape index (κ2) is 10.1. The zero-order chi connectivity index (χ0) is 31.3. The summed E-state index contributed by atoms with van der Waals surface area (Å²) in [5, 5.41) is 3.92. The number of nitrogens with two attached hydrogens (primary N) is 1. The summed E-state index contributed by atoms with van der Waals surface area (Å²) >= 11 is 0. The third kappa shape index (κ3) is 4.23. The molecule has 4 aliphatic rings. The van der Waals surface area contributed by atoms with Crippen LogP contribution in [0.15, 0.2) is 54.6 Å². The Hall–Kier alpha value is -4.83. The number of amides is 2. The van der Waals surface area contributed by atoms with Gasteiger partial charge < -0.3 is 29.2 Å². The molecule has 0 spiro atoms. The lowest BCUT2D eigenvalue weighted by Crippen LogP contribution is -2.41. The van der Waals surface area contributed by atoms with Crippen LogP contribution in [0.5, 0.6) is 5.75 Å². The average molecular weight is 617 g/mol. The third-order valence-electron chi connectivity index (χ3n) is 10.6. The van der Waals surface area contributed by atoms with Gasteiger partial charge in [0.1, 0.15) is 17.9 Å². The standard InChI is InChI=1S/C36H36N6O4/c1-40-33-27(12-24(15-31(33)45-2)35(43)42-17-23-8-10-28(42)32(23)37)38-34(40)30-14-22-6-5-21(13-29(22)41(30)16-19-3-4-19)20-7-9-26-25(11-20)18-46-36(44)39-26/h5-7,9,11-15,19,23,28,32H,3-4,8,10,16-18,37H2,1-2H3,(H,39,44). The van der Waals surface area contributed by atoms with Crippen LogP contribution >= 0.6 is 0 Å². The van der Waals surface area contributed by atoms with E-state index in [-0.39, 0.29) is 24.6 Å². The number of ether oxygens (including phenoxy) is 2. The number of methoxy groups -OCH3 is 1. The van der Waals surface area contributed by atoms with Crippen LogP contribution in [0.1, 0.15) is 41.6 Å². The number of likely N-dealkylation sites (tertiary alicyclic amines) is 1. The van der Waals surface area contributed by atoms with Crippen LogP contribution in [0.25, 0.3) is 44.6 Å². The zero-order valence-electron chi connectivity index (χ0n) is 26.0. The molecule has 1 saturated heterocycles. The number of piperidine rings is 1. The highest BCUT2D eigenvalue weighted by Crippen LogP contribution is 2.41. The number of anilines is 1. The molecule has 0 radical (unpaired) electrons. The lowest BCUT2D eigenvalue weighted by molar-refractivity contribution is 0.0700. The molecule has 4 heterocycles. The Bertz CT molecular complexity index is 2090. The van der Waals surface area contributed by atoms with Gasteiger partial charge in [0.25, 0.3) is 5.91 Å². The number of aryl methyl sites for hydroxylation is 1. The number of imidazole rings is 1. The summed E-state index contributed by atoms with van der Waals surface area (Å²) in [6.45, 7) is 1.89. The molecule has 2 aliphatic carbocycles. The van der Waals surface area contributed by atoms with E-state index in [0.717, 1.165) is 81.8 Å². The Kier molecular flexibility index (Phi) is 6.02. The van der Waals surface area contributed by atoms with Crippen molar-refractivity contribution in [3.8, 4) is 28.4 Å². The number of carbonyl (C=O) groups excluding carboxylic acids is 2. The summed E-state index contributed by atoms with van der Waals surface area (Å²) in [7, 11) is 3.67. The third-order valence-corrected chi connectivity index (χ3v) is 10.6. The summed E-state index contributed by atoms with van der Waals surface area (Å²) in [4.78, 5) is 32.5. The largest absolute Gasteiger partial charge is 0.494 e. The summed E-state index contributed by atoms with van der Waals surface area (Å²) in [5.74, 6) is 2.49. The molecular weight excluding hydrogens is 580 g/mol. The first-order chi connectivity index (χ1) is 22.4. The van der Waals surface area contributed by atoms with Gasteiger partial charge in [-0.25, -0.2) is 9.78 Å². The Morgan fingerprint density at radius 2 is 1.89 bits per heavy atom. The Morgan fingerprint density at radius 1 is 1.07 bits per heavy atom. The molecule has 10 heteroatoms. The van der Waals surface area contributed by atoms with Gasteiger partial charge in [-0.15, -0.1) is 0 Å². The van der Waals surface area contributed by atoms with E-state index in [4.69, 9.17) is 20.2 Å². The number of benzene rings is 3. The number of hydrogen-bond acceptors (Lipinski definition) is 6. The number of fused-ring (bicyclic) bond motifs is 5. The van der Waals surface area contributed by atoms with Gasteiger partial charge in [0.05, 0.1) is 24.0 Å². The number of rotatable bonds is 6. The summed E-state index contributed by atoms with van der Waals surface area (Å²) < 4.78 is 15.6. The monoisotopic (exact) mass is 616 g/mol. The van der Waals surface area contributed by atoms with E-state index in [1.807, 2.05) is 36.2 Å². The van der Waals surface area contributed by atoms with E-state index in [0.29, 0.717) is 23.1 Å². The van der Waals surface area contributed by atoms with Gasteiger partial charge in [0.2, 0.25) is 0 Å². The van der Waals surface area contributed by atoms with Crippen molar-refractivity contribution in [3.05, 3.63) is 65.7 Å². The van der Waals surface area contributed by atoms with Crippen LogP contribution in [-0.4, -0.2) is 56.8 Å². The lowest BCUT2D eigenvalue weighted by atomic mass is 10.0. The Morgan fingerprint density at radius 3 is 2.65 bits per heavy atom. The van der Waals surface area contributed by atoms with Crippen molar-refractivity contribution in [3.63, 3.8) is 0 Å². The molecule has 46 heavy (non-hydrogen) atoms. The fourth-order valence-electron chi connectivity index (χ4n) is 7.95. The molecule has 3 fully saturated rings. The number of nitrogens with one attached hydrogen (secondary N) is 1. The quantitative estimate of drug-likeness (QED) is 0.245. The van der Waals surface area contributed by atoms with E-state index in [1.54, 1.807) is 7.11 Å². The fourth-order valence-corrected chi connectivity index (χ4v) is 7.95. The van der Waals surface area contributed by atoms with Gasteiger partial charge in [-0.05, 0) is 85.0 Å². The van der Waals surface area contributed by atoms with Crippen LogP contribution in [0.4, 0.5) is 10.5 Å². The highest BCUT2D eigenvalue weighted by atomic mass is 16.5. The molecule has 2 aliphatic heterocycles. The molecule has 9 rings (SSSR count). The Balaban J connectivity index is 1.13. The van der Waals surface area contributed by atoms with Gasteiger partial charge in [0.15, 0.2) is 5.82 Å². The molecule has 3 aromatic carbocycles. The molecule has 2 aromatic heterocycles. The van der Waals surface area contributed by atoms with Crippen molar-refractivity contribution in [2.45, 2.75) is 50.9 Å². The summed E-state index contributed by atoms with van der Waals surface area (Å²) in [5.41, 5.74) is 14.7. The summed E-state index contributed by atoms with van der Waals surface area (Å²) in [6, 6.07) is 18.8. The normalized spacial score (nSPS) is 21.9. The molecule has 3 atom stereocenters. The van der Waals surface area contributed by atoms with E-state index in [1.165, 1.54) is 12.8 Å². The molecular formula is C36H36N6O4. The van der Waals surface area contributed by atoms with Gasteiger partial charge >= 0.3 is 6.09 Å². The van der Waals surface area contributed by atoms with Crippen molar-refractivity contribution < 1.29 is 19.1 Å². The van der Waals surface area contributed by atoms with E-state index >= 15 is 0 Å². The fraction of sp³-hybridized carbons (Fsp3) is 0.361. The van der Waals surface area contributed by atoms with Gasteiger partial charge in [-0.3, -0.25) is 10.1 Å². The van der Waals surface area contributed by atoms with Crippen LogP contribution in [0.2, 0.25) is 0 Å². The minimum Gasteiger partial charge on any atom is -0.494 e. The first-order valence-electron chi connectivity index (χ1n) is 16.2. The molecule has 3 unspecified atom stereocenters. The highest BCUT2D eigenvalue weighted by Gasteiger charge is 2.47. The van der Waals surface area contributed by atoms with E-state index in [9.17, 15) is 9.59 Å². The van der Waals surface area contributed by atoms with E-state index < -0.39 is 6.09 Å². The molecule has 5 aromatic rings. The molecule has 10 nitrogen and oxygen atoms in total. The van der Waals surface area contributed by atoms with Crippen molar-refractivity contribution in [2.24, 2.45) is 24.6 Å². The molecule has 2 saturated carbocycles. The first-order valence-corrected chi connectivity index (χ1v) is 16.2. The van der Waals surface area contributed by atoms with Crippen molar-refractivity contribution in [1.82, 2.24) is 19.0 Å². The summed E-state index contributed by atoms with van der Waals surface area (Å²) in [6.07, 6.45) is 4.09. The minimum absolute atomic E-state index is 0.00144. The second-order valence-corrected chi connectivity index (χ2v) is 13.4. The predicted octanol–water partition coefficient (Wildman–Crippen LogP) is 5.90. The highest BCUT2D eigenvalue weighted by molar-refractivity contribution is 6.01. The van der Waals surface area contributed by atoms with Gasteiger partial charge in [-0.1, -0.05) is 18.2 Å². The number of nitrogens with zero attached hydrogens (tertiary/aromatic N) is 4. The molecule has 234 valence electrons. The van der Waals surface area contributed by atoms with Crippen molar-refractivity contribution in [2.75, 3.05) is 19.0 Å². The number of hydrogen-bond donors (Lipinski definition) is 2. The van der Waals surface area contributed by atoms with Crippen molar-refractivity contribution in [1.29, 1.82) is 0 Å². The maximum absolute atomic E-state index is 13.7. The second-order valence-electron chi connectivity index (χ2n) is 13.4. The van der Waals surface area contributed by atoms with E-state index in [2.05, 4.69) is 44.8 Å². The lowest BCUT2D eigenvalue weighted by Gasteiger charge is -2.27. The van der Waals surface area contributed by atoms with Gasteiger partial charge in [-0.2, -0.15) is 0 Å². The maximum atomic E-state index is 13.7. The van der Waals surface area contributed by atoms with Crippen molar-refractivity contribution >= 4 is 39.6 Å². The average Bonchev–Trinajstić information content (AvgIpc) is 3.47. The van der Waals surface area contributed by atoms with Crippen LogP contribution < -0.4 is 15.8 Å². The molecule has 2 bridgehead atoms. The zero-order valence-corrected chi connectivity index (χ0v) is 26.0. The van der Waals surface area contributed by atoms with Gasteiger partial charge in [0, 0.05) is 54.3 Å². The first kappa shape index (κ1) is 27.5. The number of aromatic nitrogens is 3. The Labute approximate surface area is 266 Å². The number of carbonyl (C=O) groups is 2. The smallest absolute Gasteiger partial charge is 0.411 e. The molecule has 3 N–H and O–H groups in total.